The number of sulfonamides is 1. The first-order valence-corrected chi connectivity index (χ1v) is 11.9. The van der Waals surface area contributed by atoms with E-state index >= 15 is 0 Å². The number of aromatic nitrogens is 2. The first kappa shape index (κ1) is 23.3. The summed E-state index contributed by atoms with van der Waals surface area (Å²) >= 11 is 5.89. The maximum Gasteiger partial charge on any atom is 0.263 e. The molecule has 9 nitrogen and oxygen atoms in total. The SMILES string of the molecule is COc1ccc2nc(NS(=O)(=O)c3ccc(Cl)cc3)c(Nc3ccc(NC(C)=O)cc3)nc2c1. The molecule has 174 valence electrons. The minimum atomic E-state index is -3.97. The van der Waals surface area contributed by atoms with E-state index < -0.39 is 10.0 Å². The topological polar surface area (TPSA) is 122 Å². The molecule has 0 aliphatic heterocycles. The molecule has 1 heterocycles. The number of benzene rings is 3. The van der Waals surface area contributed by atoms with Gasteiger partial charge in [0.2, 0.25) is 5.91 Å². The molecule has 0 radical (unpaired) electrons. The molecule has 0 saturated carbocycles. The van der Waals surface area contributed by atoms with E-state index in [9.17, 15) is 13.2 Å². The third-order valence-electron chi connectivity index (χ3n) is 4.69. The van der Waals surface area contributed by atoms with Crippen LogP contribution in [0.25, 0.3) is 11.0 Å². The van der Waals surface area contributed by atoms with Gasteiger partial charge >= 0.3 is 0 Å². The summed E-state index contributed by atoms with van der Waals surface area (Å²) in [5, 5.41) is 6.20. The lowest BCUT2D eigenvalue weighted by Gasteiger charge is -2.14. The molecule has 34 heavy (non-hydrogen) atoms. The zero-order valence-corrected chi connectivity index (χ0v) is 19.7. The second kappa shape index (κ2) is 9.54. The molecular formula is C23H20ClN5O4S. The van der Waals surface area contributed by atoms with E-state index in [2.05, 4.69) is 25.3 Å². The number of carbonyl (C=O) groups excluding carboxylic acids is 1. The predicted molar refractivity (Wildman–Crippen MR) is 132 cm³/mol. The fourth-order valence-corrected chi connectivity index (χ4v) is 4.23. The maximum absolute atomic E-state index is 13.0. The van der Waals surface area contributed by atoms with Crippen molar-refractivity contribution in [3.05, 3.63) is 71.8 Å². The van der Waals surface area contributed by atoms with E-state index in [1.54, 1.807) is 49.6 Å². The van der Waals surface area contributed by atoms with E-state index in [0.29, 0.717) is 33.2 Å². The van der Waals surface area contributed by atoms with Crippen molar-refractivity contribution in [1.82, 2.24) is 9.97 Å². The van der Waals surface area contributed by atoms with Crippen LogP contribution < -0.4 is 20.1 Å². The highest BCUT2D eigenvalue weighted by molar-refractivity contribution is 7.92. The van der Waals surface area contributed by atoms with Crippen molar-refractivity contribution in [2.75, 3.05) is 22.5 Å². The summed E-state index contributed by atoms with van der Waals surface area (Å²) in [6.45, 7) is 1.42. The van der Waals surface area contributed by atoms with E-state index in [1.807, 2.05) is 0 Å². The number of rotatable bonds is 7. The summed E-state index contributed by atoms with van der Waals surface area (Å²) < 4.78 is 33.7. The summed E-state index contributed by atoms with van der Waals surface area (Å²) in [4.78, 5) is 20.3. The van der Waals surface area contributed by atoms with Crippen LogP contribution >= 0.6 is 11.6 Å². The number of nitrogens with one attached hydrogen (secondary N) is 3. The highest BCUT2D eigenvalue weighted by Gasteiger charge is 2.19. The maximum atomic E-state index is 13.0. The van der Waals surface area contributed by atoms with Crippen LogP contribution in [0.5, 0.6) is 5.75 Å². The Bertz CT molecular complexity index is 1460. The molecule has 0 unspecified atom stereocenters. The lowest BCUT2D eigenvalue weighted by molar-refractivity contribution is -0.114. The predicted octanol–water partition coefficient (Wildman–Crippen LogP) is 4.79. The minimum Gasteiger partial charge on any atom is -0.497 e. The van der Waals surface area contributed by atoms with Crippen molar-refractivity contribution >= 4 is 61.6 Å². The second-order valence-electron chi connectivity index (χ2n) is 7.22. The van der Waals surface area contributed by atoms with Gasteiger partial charge in [-0.2, -0.15) is 0 Å². The molecule has 0 fully saturated rings. The van der Waals surface area contributed by atoms with Crippen LogP contribution in [0.4, 0.5) is 23.0 Å². The third kappa shape index (κ3) is 5.36. The van der Waals surface area contributed by atoms with Crippen LogP contribution in [0.1, 0.15) is 6.92 Å². The summed E-state index contributed by atoms with van der Waals surface area (Å²) in [6, 6.07) is 17.7. The zero-order valence-electron chi connectivity index (χ0n) is 18.2. The Morgan fingerprint density at radius 1 is 0.882 bits per heavy atom. The first-order valence-electron chi connectivity index (χ1n) is 10.0. The van der Waals surface area contributed by atoms with Crippen LogP contribution in [0.2, 0.25) is 5.02 Å². The van der Waals surface area contributed by atoms with Gasteiger partial charge < -0.3 is 15.4 Å². The van der Waals surface area contributed by atoms with Gasteiger partial charge in [0.1, 0.15) is 5.75 Å². The summed E-state index contributed by atoms with van der Waals surface area (Å²) in [5.41, 5.74) is 2.21. The lowest BCUT2D eigenvalue weighted by Crippen LogP contribution is -2.16. The summed E-state index contributed by atoms with van der Waals surface area (Å²) in [5.74, 6) is 0.597. The van der Waals surface area contributed by atoms with Crippen molar-refractivity contribution in [3.63, 3.8) is 0 Å². The minimum absolute atomic E-state index is 0.0126. The first-order chi connectivity index (χ1) is 16.2. The number of hydrogen-bond acceptors (Lipinski definition) is 7. The van der Waals surface area contributed by atoms with Crippen LogP contribution in [0.3, 0.4) is 0 Å². The van der Waals surface area contributed by atoms with E-state index in [-0.39, 0.29) is 22.4 Å². The highest BCUT2D eigenvalue weighted by Crippen LogP contribution is 2.29. The number of nitrogens with zero attached hydrogens (tertiary/aromatic N) is 2. The Labute approximate surface area is 201 Å². The van der Waals surface area contributed by atoms with Gasteiger partial charge in [0.15, 0.2) is 11.6 Å². The van der Waals surface area contributed by atoms with Crippen molar-refractivity contribution in [2.45, 2.75) is 11.8 Å². The molecule has 0 saturated heterocycles. The molecule has 0 atom stereocenters. The highest BCUT2D eigenvalue weighted by atomic mass is 35.5. The molecule has 0 aliphatic rings. The van der Waals surface area contributed by atoms with Gasteiger partial charge in [-0.1, -0.05) is 11.6 Å². The normalized spacial score (nSPS) is 11.1. The third-order valence-corrected chi connectivity index (χ3v) is 6.30. The number of anilines is 4. The van der Waals surface area contributed by atoms with Gasteiger partial charge in [-0.25, -0.2) is 18.4 Å². The number of carbonyl (C=O) groups is 1. The van der Waals surface area contributed by atoms with Gasteiger partial charge in [0.05, 0.1) is 23.0 Å². The number of ether oxygens (including phenoxy) is 1. The van der Waals surface area contributed by atoms with Crippen LogP contribution in [0.15, 0.2) is 71.6 Å². The van der Waals surface area contributed by atoms with Crippen LogP contribution in [-0.2, 0) is 14.8 Å². The Hall–Kier alpha value is -3.89. The van der Waals surface area contributed by atoms with Gasteiger partial charge in [0.25, 0.3) is 10.0 Å². The van der Waals surface area contributed by atoms with E-state index in [0.717, 1.165) is 0 Å². The molecule has 0 spiro atoms. The number of hydrogen-bond donors (Lipinski definition) is 3. The number of amides is 1. The number of halogens is 1. The van der Waals surface area contributed by atoms with Crippen LogP contribution in [0, 0.1) is 0 Å². The Morgan fingerprint density at radius 2 is 1.53 bits per heavy atom. The molecule has 11 heteroatoms. The average Bonchev–Trinajstić information content (AvgIpc) is 2.80. The summed E-state index contributed by atoms with van der Waals surface area (Å²) in [7, 11) is -2.43. The molecule has 1 amide bonds. The second-order valence-corrected chi connectivity index (χ2v) is 9.34. The van der Waals surface area contributed by atoms with Gasteiger partial charge in [-0.15, -0.1) is 0 Å². The Morgan fingerprint density at radius 3 is 2.18 bits per heavy atom. The van der Waals surface area contributed by atoms with Gasteiger partial charge in [-0.3, -0.25) is 9.52 Å². The molecule has 3 N–H and O–H groups in total. The van der Waals surface area contributed by atoms with Gasteiger partial charge in [0, 0.05) is 29.4 Å². The van der Waals surface area contributed by atoms with Crippen molar-refractivity contribution in [3.8, 4) is 5.75 Å². The largest absolute Gasteiger partial charge is 0.497 e. The standard InChI is InChI=1S/C23H20ClN5O4S/c1-14(30)25-16-5-7-17(8-6-16)26-22-23(27-20-12-9-18(33-2)13-21(20)28-22)29-34(31,32)19-10-3-15(24)4-11-19/h3-13H,1-2H3,(H,25,30)(H,26,28)(H,27,29). The number of methoxy groups -OCH3 is 1. The van der Waals surface area contributed by atoms with Crippen molar-refractivity contribution in [1.29, 1.82) is 0 Å². The number of fused-ring (bicyclic) bond motifs is 1. The molecule has 0 bridgehead atoms. The van der Waals surface area contributed by atoms with Crippen molar-refractivity contribution in [2.24, 2.45) is 0 Å². The van der Waals surface area contributed by atoms with E-state index in [4.69, 9.17) is 16.3 Å². The van der Waals surface area contributed by atoms with E-state index in [1.165, 1.54) is 31.2 Å². The fourth-order valence-electron chi connectivity index (χ4n) is 3.10. The monoisotopic (exact) mass is 497 g/mol. The van der Waals surface area contributed by atoms with Crippen LogP contribution in [-0.4, -0.2) is 31.4 Å². The fraction of sp³-hybridized carbons (Fsp3) is 0.0870. The Kier molecular flexibility index (Phi) is 6.53. The van der Waals surface area contributed by atoms with Crippen molar-refractivity contribution < 1.29 is 17.9 Å². The quantitative estimate of drug-likeness (QED) is 0.335. The molecular weight excluding hydrogens is 478 g/mol. The summed E-state index contributed by atoms with van der Waals surface area (Å²) in [6.07, 6.45) is 0. The lowest BCUT2D eigenvalue weighted by atomic mass is 10.2. The molecule has 0 aliphatic carbocycles. The Balaban J connectivity index is 1.74. The molecule has 1 aromatic heterocycles. The molecule has 4 rings (SSSR count). The van der Waals surface area contributed by atoms with Gasteiger partial charge in [-0.05, 0) is 60.7 Å². The zero-order chi connectivity index (χ0) is 24.3. The molecule has 3 aromatic carbocycles. The smallest absolute Gasteiger partial charge is 0.263 e. The molecule has 4 aromatic rings. The average molecular weight is 498 g/mol.